The molecule has 2 aromatic heterocycles. The van der Waals surface area contributed by atoms with Gasteiger partial charge in [0.15, 0.2) is 12.3 Å². The van der Waals surface area contributed by atoms with Gasteiger partial charge in [0.2, 0.25) is 5.91 Å². The van der Waals surface area contributed by atoms with Crippen molar-refractivity contribution in [2.45, 2.75) is 49.9 Å². The first-order valence-electron chi connectivity index (χ1n) is 9.50. The van der Waals surface area contributed by atoms with E-state index in [1.165, 1.54) is 12.3 Å². The highest BCUT2D eigenvalue weighted by atomic mass is 19.4. The molecule has 0 aliphatic carbocycles. The fourth-order valence-electron chi connectivity index (χ4n) is 3.99. The molecule has 4 atom stereocenters. The molecule has 2 aliphatic rings. The van der Waals surface area contributed by atoms with Crippen molar-refractivity contribution in [3.63, 3.8) is 0 Å². The van der Waals surface area contributed by atoms with Gasteiger partial charge in [-0.15, -0.1) is 0 Å². The van der Waals surface area contributed by atoms with Crippen LogP contribution in [0.15, 0.2) is 23.1 Å². The predicted octanol–water partition coefficient (Wildman–Crippen LogP) is 2.13. The third kappa shape index (κ3) is 3.81. The van der Waals surface area contributed by atoms with Crippen molar-refractivity contribution in [1.82, 2.24) is 24.2 Å². The molecule has 4 heterocycles. The molecular formula is C18H17F6N5O2. The lowest BCUT2D eigenvalue weighted by molar-refractivity contribution is -0.160. The van der Waals surface area contributed by atoms with Crippen LogP contribution in [0.5, 0.6) is 0 Å². The third-order valence-corrected chi connectivity index (χ3v) is 5.56. The Morgan fingerprint density at radius 2 is 1.84 bits per heavy atom. The fraction of sp³-hybridized carbons (Fsp3) is 0.556. The van der Waals surface area contributed by atoms with Gasteiger partial charge in [-0.05, 0) is 25.0 Å². The SMILES string of the molecule is O=C([C@H]1CC[C@@H](C(F)(F)F)c2nn(Cc3ncccc3F)c(=O)n21)N1C[C@@H](F)[C@@H](F)C1. The largest absolute Gasteiger partial charge is 0.398 e. The summed E-state index contributed by atoms with van der Waals surface area (Å²) in [6.07, 6.45) is -8.18. The summed E-state index contributed by atoms with van der Waals surface area (Å²) in [5, 5.41) is 3.75. The number of likely N-dealkylation sites (tertiary alicyclic amines) is 1. The van der Waals surface area contributed by atoms with E-state index in [1.807, 2.05) is 0 Å². The normalized spacial score (nSPS) is 26.2. The first-order valence-corrected chi connectivity index (χ1v) is 9.50. The van der Waals surface area contributed by atoms with E-state index in [2.05, 4.69) is 10.1 Å². The summed E-state index contributed by atoms with van der Waals surface area (Å²) in [6.45, 7) is -1.63. The van der Waals surface area contributed by atoms with Gasteiger partial charge in [-0.1, -0.05) is 0 Å². The van der Waals surface area contributed by atoms with Crippen molar-refractivity contribution in [3.05, 3.63) is 46.1 Å². The smallest absolute Gasteiger partial charge is 0.335 e. The second-order valence-corrected chi connectivity index (χ2v) is 7.56. The van der Waals surface area contributed by atoms with Crippen LogP contribution in [0.1, 0.15) is 36.3 Å². The van der Waals surface area contributed by atoms with Crippen molar-refractivity contribution in [2.24, 2.45) is 0 Å². The lowest BCUT2D eigenvalue weighted by Gasteiger charge is -2.31. The molecule has 168 valence electrons. The first-order chi connectivity index (χ1) is 14.6. The van der Waals surface area contributed by atoms with Crippen molar-refractivity contribution in [1.29, 1.82) is 0 Å². The maximum absolute atomic E-state index is 13.9. The summed E-state index contributed by atoms with van der Waals surface area (Å²) in [6, 6.07) is 0.990. The third-order valence-electron chi connectivity index (χ3n) is 5.56. The van der Waals surface area contributed by atoms with Gasteiger partial charge in [-0.25, -0.2) is 22.6 Å². The van der Waals surface area contributed by atoms with Gasteiger partial charge < -0.3 is 4.90 Å². The Balaban J connectivity index is 1.74. The molecule has 1 fully saturated rings. The number of hydrogen-bond donors (Lipinski definition) is 0. The second kappa shape index (κ2) is 7.68. The standard InChI is InChI=1S/C18H17F6N5O2/c19-10-2-1-5-25-13(10)8-28-17(31)29-14(16(30)27-6-11(20)12(21)7-27)4-3-9(15(29)26-28)18(22,23)24/h1-2,5,9,11-12,14H,3-4,6-8H2/t9-,11-,12+,14-/m1/s1. The number of fused-ring (bicyclic) bond motifs is 1. The minimum Gasteiger partial charge on any atom is -0.335 e. The van der Waals surface area contributed by atoms with E-state index in [-0.39, 0.29) is 12.1 Å². The molecule has 1 amide bonds. The van der Waals surface area contributed by atoms with Crippen molar-refractivity contribution >= 4 is 5.91 Å². The lowest BCUT2D eigenvalue weighted by Crippen LogP contribution is -2.44. The summed E-state index contributed by atoms with van der Waals surface area (Å²) in [5.74, 6) is -4.43. The summed E-state index contributed by atoms with van der Waals surface area (Å²) in [7, 11) is 0. The molecule has 0 unspecified atom stereocenters. The number of amides is 1. The van der Waals surface area contributed by atoms with E-state index in [0.29, 0.717) is 9.25 Å². The fourth-order valence-corrected chi connectivity index (χ4v) is 3.99. The number of carbonyl (C=O) groups excluding carboxylic acids is 1. The quantitative estimate of drug-likeness (QED) is 0.674. The highest BCUT2D eigenvalue weighted by Gasteiger charge is 2.50. The van der Waals surface area contributed by atoms with Gasteiger partial charge in [0.25, 0.3) is 0 Å². The monoisotopic (exact) mass is 449 g/mol. The Kier molecular flexibility index (Phi) is 5.30. The van der Waals surface area contributed by atoms with Crippen LogP contribution in [0, 0.1) is 5.82 Å². The van der Waals surface area contributed by atoms with Crippen LogP contribution in [0.3, 0.4) is 0 Å². The molecular weight excluding hydrogens is 432 g/mol. The number of rotatable bonds is 3. The van der Waals surface area contributed by atoms with E-state index in [1.54, 1.807) is 0 Å². The minimum absolute atomic E-state index is 0.216. The molecule has 0 spiro atoms. The van der Waals surface area contributed by atoms with Gasteiger partial charge in [0, 0.05) is 6.20 Å². The van der Waals surface area contributed by atoms with Crippen LogP contribution >= 0.6 is 0 Å². The topological polar surface area (TPSA) is 73.0 Å². The maximum Gasteiger partial charge on any atom is 0.398 e. The molecule has 1 saturated heterocycles. The van der Waals surface area contributed by atoms with Crippen LogP contribution in [0.25, 0.3) is 0 Å². The summed E-state index contributed by atoms with van der Waals surface area (Å²) >= 11 is 0. The lowest BCUT2D eigenvalue weighted by atomic mass is 9.93. The summed E-state index contributed by atoms with van der Waals surface area (Å²) in [4.78, 5) is 30.3. The van der Waals surface area contributed by atoms with E-state index >= 15 is 0 Å². The van der Waals surface area contributed by atoms with E-state index in [0.717, 1.165) is 11.0 Å². The zero-order valence-corrected chi connectivity index (χ0v) is 15.9. The zero-order valence-electron chi connectivity index (χ0n) is 15.9. The van der Waals surface area contributed by atoms with Gasteiger partial charge >= 0.3 is 11.9 Å². The molecule has 0 saturated carbocycles. The number of halogens is 6. The van der Waals surface area contributed by atoms with Gasteiger partial charge in [-0.2, -0.15) is 18.3 Å². The molecule has 4 rings (SSSR count). The minimum atomic E-state index is -4.74. The van der Waals surface area contributed by atoms with Gasteiger partial charge in [0.05, 0.1) is 25.3 Å². The molecule has 0 aromatic carbocycles. The molecule has 0 radical (unpaired) electrons. The number of hydrogen-bond acceptors (Lipinski definition) is 4. The average molecular weight is 449 g/mol. The number of pyridine rings is 1. The number of aromatic nitrogens is 4. The van der Waals surface area contributed by atoms with Crippen LogP contribution in [0.2, 0.25) is 0 Å². The van der Waals surface area contributed by atoms with E-state index in [9.17, 15) is 35.9 Å². The highest BCUT2D eigenvalue weighted by Crippen LogP contribution is 2.43. The molecule has 13 heteroatoms. The first kappa shape index (κ1) is 21.4. The maximum atomic E-state index is 13.9. The van der Waals surface area contributed by atoms with Crippen LogP contribution in [-0.4, -0.2) is 61.7 Å². The number of alkyl halides is 5. The highest BCUT2D eigenvalue weighted by molar-refractivity contribution is 5.81. The Bertz CT molecular complexity index is 1040. The zero-order chi connectivity index (χ0) is 22.5. The molecule has 7 nitrogen and oxygen atoms in total. The van der Waals surface area contributed by atoms with E-state index in [4.69, 9.17) is 0 Å². The van der Waals surface area contributed by atoms with Gasteiger partial charge in [0.1, 0.15) is 23.6 Å². The van der Waals surface area contributed by atoms with Crippen LogP contribution < -0.4 is 5.69 Å². The predicted molar refractivity (Wildman–Crippen MR) is 93.2 cm³/mol. The van der Waals surface area contributed by atoms with Crippen molar-refractivity contribution in [3.8, 4) is 0 Å². The summed E-state index contributed by atoms with van der Waals surface area (Å²) < 4.78 is 82.9. The summed E-state index contributed by atoms with van der Waals surface area (Å²) in [5.41, 5.74) is -1.27. The van der Waals surface area contributed by atoms with Crippen molar-refractivity contribution in [2.75, 3.05) is 13.1 Å². The molecule has 0 bridgehead atoms. The van der Waals surface area contributed by atoms with Crippen LogP contribution in [-0.2, 0) is 11.3 Å². The van der Waals surface area contributed by atoms with Crippen LogP contribution in [0.4, 0.5) is 26.3 Å². The molecule has 0 N–H and O–H groups in total. The molecule has 2 aliphatic heterocycles. The average Bonchev–Trinajstić information content (AvgIpc) is 3.21. The second-order valence-electron chi connectivity index (χ2n) is 7.56. The van der Waals surface area contributed by atoms with Crippen molar-refractivity contribution < 1.29 is 31.1 Å². The number of carbonyl (C=O) groups is 1. The molecule has 2 aromatic rings. The van der Waals surface area contributed by atoms with E-state index < -0.39 is 79.8 Å². The Morgan fingerprint density at radius 3 is 2.45 bits per heavy atom. The Morgan fingerprint density at radius 1 is 1.16 bits per heavy atom. The number of nitrogens with zero attached hydrogens (tertiary/aromatic N) is 5. The van der Waals surface area contributed by atoms with Gasteiger partial charge in [-0.3, -0.25) is 14.3 Å². The molecule has 31 heavy (non-hydrogen) atoms. The Labute approximate surface area is 171 Å². The Hall–Kier alpha value is -2.86.